The summed E-state index contributed by atoms with van der Waals surface area (Å²) in [5, 5.41) is 19.4. The van der Waals surface area contributed by atoms with Gasteiger partial charge in [0.15, 0.2) is 9.84 Å². The smallest absolute Gasteiger partial charge is 0.175 e. The van der Waals surface area contributed by atoms with Crippen molar-refractivity contribution < 1.29 is 13.5 Å². The Morgan fingerprint density at radius 3 is 2.45 bits per heavy atom. The van der Waals surface area contributed by atoms with E-state index in [1.54, 1.807) is 12.1 Å². The number of aliphatic hydroxyl groups excluding tert-OH is 1. The molecule has 2 aromatic rings. The molecule has 1 saturated heterocycles. The SMILES string of the molecule is CS(=O)(=O)c1ccc(CN2C[C@H]3C[C@@H](n4cc(C5CC5)nn4)[C@H](O)C[C@H]3C2)cc1. The summed E-state index contributed by atoms with van der Waals surface area (Å²) in [6.45, 7) is 2.80. The van der Waals surface area contributed by atoms with Gasteiger partial charge in [-0.15, -0.1) is 5.10 Å². The van der Waals surface area contributed by atoms with Crippen LogP contribution in [-0.4, -0.2) is 58.9 Å². The maximum absolute atomic E-state index is 11.6. The third kappa shape index (κ3) is 3.98. The van der Waals surface area contributed by atoms with Crippen molar-refractivity contribution in [2.45, 2.75) is 55.2 Å². The van der Waals surface area contributed by atoms with Gasteiger partial charge in [-0.1, -0.05) is 17.3 Å². The molecule has 4 atom stereocenters. The number of hydrogen-bond donors (Lipinski definition) is 1. The van der Waals surface area contributed by atoms with Gasteiger partial charge in [0.2, 0.25) is 0 Å². The third-order valence-corrected chi connectivity index (χ3v) is 7.93. The molecule has 2 saturated carbocycles. The highest BCUT2D eigenvalue weighted by molar-refractivity contribution is 7.90. The molecule has 2 aliphatic carbocycles. The van der Waals surface area contributed by atoms with Crippen LogP contribution in [0.4, 0.5) is 0 Å². The maximum atomic E-state index is 11.6. The zero-order valence-electron chi connectivity index (χ0n) is 16.7. The fourth-order valence-electron chi connectivity index (χ4n) is 5.04. The molecule has 0 amide bonds. The van der Waals surface area contributed by atoms with Crippen LogP contribution in [0.3, 0.4) is 0 Å². The van der Waals surface area contributed by atoms with E-state index in [4.69, 9.17) is 0 Å². The largest absolute Gasteiger partial charge is 0.391 e. The van der Waals surface area contributed by atoms with Crippen molar-refractivity contribution in [1.82, 2.24) is 19.9 Å². The first-order chi connectivity index (χ1) is 13.9. The van der Waals surface area contributed by atoms with Gasteiger partial charge in [-0.25, -0.2) is 13.1 Å². The molecule has 7 nitrogen and oxygen atoms in total. The minimum atomic E-state index is -3.16. The van der Waals surface area contributed by atoms with Crippen LogP contribution in [0.5, 0.6) is 0 Å². The topological polar surface area (TPSA) is 88.3 Å². The van der Waals surface area contributed by atoms with E-state index in [-0.39, 0.29) is 12.1 Å². The lowest BCUT2D eigenvalue weighted by atomic mass is 9.77. The Morgan fingerprint density at radius 1 is 1.10 bits per heavy atom. The summed E-state index contributed by atoms with van der Waals surface area (Å²) in [6, 6.07) is 7.21. The normalized spacial score (nSPS) is 30.4. The van der Waals surface area contributed by atoms with Crippen LogP contribution in [0, 0.1) is 11.8 Å². The lowest BCUT2D eigenvalue weighted by Gasteiger charge is -2.35. The van der Waals surface area contributed by atoms with Crippen molar-refractivity contribution in [1.29, 1.82) is 0 Å². The van der Waals surface area contributed by atoms with Gasteiger partial charge in [0.1, 0.15) is 0 Å². The standard InChI is InChI=1S/C21H28N4O3S/c1-29(27,28)18-6-2-14(3-7-18)10-24-11-16-8-20(21(26)9-17(16)12-24)25-13-19(22-23-25)15-4-5-15/h2-3,6-7,13,15-17,20-21,26H,4-5,8-12H2,1H3/t16-,17+,20-,21-/m1/s1. The number of aliphatic hydroxyl groups is 1. The van der Waals surface area contributed by atoms with Gasteiger partial charge in [-0.05, 0) is 55.2 Å². The summed E-state index contributed by atoms with van der Waals surface area (Å²) in [5.74, 6) is 1.63. The minimum Gasteiger partial charge on any atom is -0.391 e. The second-order valence-corrected chi connectivity index (χ2v) is 11.1. The van der Waals surface area contributed by atoms with Gasteiger partial charge in [0.05, 0.1) is 22.7 Å². The predicted molar refractivity (Wildman–Crippen MR) is 108 cm³/mol. The average molecular weight is 417 g/mol. The molecule has 0 unspecified atom stereocenters. The van der Waals surface area contributed by atoms with Crippen LogP contribution in [0.15, 0.2) is 35.4 Å². The second kappa shape index (κ2) is 7.18. The van der Waals surface area contributed by atoms with Crippen LogP contribution in [0.2, 0.25) is 0 Å². The van der Waals surface area contributed by atoms with E-state index in [1.165, 1.54) is 19.1 Å². The molecule has 156 valence electrons. The Bertz CT molecular complexity index is 984. The van der Waals surface area contributed by atoms with Gasteiger partial charge in [0, 0.05) is 38.0 Å². The average Bonchev–Trinajstić information content (AvgIpc) is 3.27. The Labute approximate surface area is 171 Å². The quantitative estimate of drug-likeness (QED) is 0.802. The van der Waals surface area contributed by atoms with Crippen molar-refractivity contribution >= 4 is 9.84 Å². The molecule has 1 N–H and O–H groups in total. The Balaban J connectivity index is 1.23. The van der Waals surface area contributed by atoms with E-state index < -0.39 is 9.84 Å². The third-order valence-electron chi connectivity index (χ3n) is 6.81. The summed E-state index contributed by atoms with van der Waals surface area (Å²) in [5.41, 5.74) is 2.20. The van der Waals surface area contributed by atoms with Gasteiger partial charge in [-0.3, -0.25) is 4.90 Å². The molecule has 1 aliphatic heterocycles. The fraction of sp³-hybridized carbons (Fsp3) is 0.619. The van der Waals surface area contributed by atoms with Gasteiger partial charge < -0.3 is 5.11 Å². The molecule has 0 radical (unpaired) electrons. The zero-order chi connectivity index (χ0) is 20.2. The van der Waals surface area contributed by atoms with E-state index >= 15 is 0 Å². The summed E-state index contributed by atoms with van der Waals surface area (Å²) >= 11 is 0. The minimum absolute atomic E-state index is 0.0187. The van der Waals surface area contributed by atoms with E-state index in [2.05, 4.69) is 15.2 Å². The first kappa shape index (κ1) is 19.2. The second-order valence-electron chi connectivity index (χ2n) is 9.13. The van der Waals surface area contributed by atoms with Crippen LogP contribution >= 0.6 is 0 Å². The monoisotopic (exact) mass is 416 g/mol. The van der Waals surface area contributed by atoms with Crippen molar-refractivity contribution in [3.05, 3.63) is 41.7 Å². The number of fused-ring (bicyclic) bond motifs is 1. The maximum Gasteiger partial charge on any atom is 0.175 e. The number of sulfone groups is 1. The number of rotatable bonds is 5. The molecule has 3 aliphatic rings. The van der Waals surface area contributed by atoms with Crippen molar-refractivity contribution in [2.75, 3.05) is 19.3 Å². The predicted octanol–water partition coefficient (Wildman–Crippen LogP) is 2.00. The number of benzene rings is 1. The highest BCUT2D eigenvalue weighted by Gasteiger charge is 2.43. The van der Waals surface area contributed by atoms with Crippen LogP contribution < -0.4 is 0 Å². The molecule has 0 bridgehead atoms. The molecule has 2 heterocycles. The lowest BCUT2D eigenvalue weighted by Crippen LogP contribution is -2.36. The highest BCUT2D eigenvalue weighted by atomic mass is 32.2. The molecule has 5 rings (SSSR count). The molecule has 1 aromatic carbocycles. The van der Waals surface area contributed by atoms with Crippen LogP contribution in [0.25, 0.3) is 0 Å². The number of nitrogens with zero attached hydrogens (tertiary/aromatic N) is 4. The molecular formula is C21H28N4O3S. The van der Waals surface area contributed by atoms with E-state index in [0.29, 0.717) is 22.6 Å². The van der Waals surface area contributed by atoms with Gasteiger partial charge in [-0.2, -0.15) is 0 Å². The molecule has 0 spiro atoms. The molecule has 1 aromatic heterocycles. The Morgan fingerprint density at radius 2 is 1.79 bits per heavy atom. The number of likely N-dealkylation sites (tertiary alicyclic amines) is 1. The molecular weight excluding hydrogens is 388 g/mol. The van der Waals surface area contributed by atoms with Crippen LogP contribution in [0.1, 0.15) is 48.9 Å². The first-order valence-electron chi connectivity index (χ1n) is 10.5. The summed E-state index contributed by atoms with van der Waals surface area (Å²) in [7, 11) is -3.16. The first-order valence-corrected chi connectivity index (χ1v) is 12.4. The molecule has 8 heteroatoms. The number of hydrogen-bond acceptors (Lipinski definition) is 6. The summed E-state index contributed by atoms with van der Waals surface area (Å²) in [6.07, 6.45) is 7.05. The highest BCUT2D eigenvalue weighted by Crippen LogP contribution is 2.43. The van der Waals surface area contributed by atoms with Crippen LogP contribution in [-0.2, 0) is 16.4 Å². The molecule has 3 fully saturated rings. The summed E-state index contributed by atoms with van der Waals surface area (Å²) < 4.78 is 25.2. The van der Waals surface area contributed by atoms with E-state index in [1.807, 2.05) is 23.0 Å². The van der Waals surface area contributed by atoms with Crippen molar-refractivity contribution in [3.63, 3.8) is 0 Å². The Hall–Kier alpha value is -1.77. The summed E-state index contributed by atoms with van der Waals surface area (Å²) in [4.78, 5) is 2.79. The van der Waals surface area contributed by atoms with Gasteiger partial charge in [0.25, 0.3) is 0 Å². The lowest BCUT2D eigenvalue weighted by molar-refractivity contribution is 0.0298. The Kier molecular flexibility index (Phi) is 4.75. The van der Waals surface area contributed by atoms with E-state index in [0.717, 1.165) is 43.7 Å². The number of aromatic nitrogens is 3. The fourth-order valence-corrected chi connectivity index (χ4v) is 5.67. The van der Waals surface area contributed by atoms with E-state index in [9.17, 15) is 13.5 Å². The molecule has 29 heavy (non-hydrogen) atoms. The van der Waals surface area contributed by atoms with Gasteiger partial charge >= 0.3 is 0 Å². The zero-order valence-corrected chi connectivity index (χ0v) is 17.5. The van der Waals surface area contributed by atoms with Crippen molar-refractivity contribution in [2.24, 2.45) is 11.8 Å². The van der Waals surface area contributed by atoms with Crippen molar-refractivity contribution in [3.8, 4) is 0 Å².